The Labute approximate surface area is 117 Å². The lowest BCUT2D eigenvalue weighted by molar-refractivity contribution is 0.0179. The molecule has 0 saturated carbocycles. The summed E-state index contributed by atoms with van der Waals surface area (Å²) in [5, 5.41) is 3.10. The first-order chi connectivity index (χ1) is 9.33. The van der Waals surface area contributed by atoms with Crippen LogP contribution in [0.25, 0.3) is 0 Å². The first-order valence-corrected chi connectivity index (χ1v) is 7.89. The van der Waals surface area contributed by atoms with E-state index in [9.17, 15) is 4.79 Å². The van der Waals surface area contributed by atoms with Gasteiger partial charge in [-0.15, -0.1) is 0 Å². The average molecular weight is 271 g/mol. The Hall–Kier alpha value is -0.770. The number of carbonyl (C=O) groups excluding carboxylic acids is 1. The van der Waals surface area contributed by atoms with Gasteiger partial charge in [-0.1, -0.05) is 51.9 Å². The summed E-state index contributed by atoms with van der Waals surface area (Å²) >= 11 is 0. The molecule has 4 nitrogen and oxygen atoms in total. The highest BCUT2D eigenvalue weighted by molar-refractivity contribution is 5.60. The molecule has 0 amide bonds. The molecule has 0 radical (unpaired) electrons. The summed E-state index contributed by atoms with van der Waals surface area (Å²) in [6.07, 6.45) is 11.3. The zero-order chi connectivity index (χ0) is 13.8. The average Bonchev–Trinajstić information content (AvgIpc) is 2.89. The van der Waals surface area contributed by atoms with Crippen molar-refractivity contribution in [2.75, 3.05) is 13.2 Å². The van der Waals surface area contributed by atoms with E-state index in [0.29, 0.717) is 6.61 Å². The molecule has 0 aromatic carbocycles. The second kappa shape index (κ2) is 11.1. The Morgan fingerprint density at radius 2 is 1.79 bits per heavy atom. The molecular formula is C15H29NO3. The van der Waals surface area contributed by atoms with E-state index in [2.05, 4.69) is 12.2 Å². The van der Waals surface area contributed by atoms with Crippen LogP contribution in [0, 0.1) is 0 Å². The van der Waals surface area contributed by atoms with Gasteiger partial charge < -0.3 is 9.47 Å². The molecule has 1 atom stereocenters. The Bertz CT molecular complexity index is 227. The maximum Gasteiger partial charge on any atom is 0.509 e. The first kappa shape index (κ1) is 16.3. The third-order valence-corrected chi connectivity index (χ3v) is 3.47. The third kappa shape index (κ3) is 8.87. The van der Waals surface area contributed by atoms with Crippen molar-refractivity contribution in [2.24, 2.45) is 0 Å². The Morgan fingerprint density at radius 3 is 2.42 bits per heavy atom. The summed E-state index contributed by atoms with van der Waals surface area (Å²) in [5.74, 6) is 0. The van der Waals surface area contributed by atoms with Crippen molar-refractivity contribution in [2.45, 2.75) is 77.4 Å². The van der Waals surface area contributed by atoms with E-state index in [1.807, 2.05) is 0 Å². The molecule has 4 heteroatoms. The van der Waals surface area contributed by atoms with Crippen molar-refractivity contribution in [1.29, 1.82) is 0 Å². The van der Waals surface area contributed by atoms with Crippen molar-refractivity contribution in [1.82, 2.24) is 5.32 Å². The second-order valence-corrected chi connectivity index (χ2v) is 5.28. The van der Waals surface area contributed by atoms with Crippen LogP contribution in [-0.2, 0) is 9.47 Å². The summed E-state index contributed by atoms with van der Waals surface area (Å²) in [6, 6.07) is 0. The molecule has 0 aromatic rings. The lowest BCUT2D eigenvalue weighted by Crippen LogP contribution is -2.28. The van der Waals surface area contributed by atoms with Crippen LogP contribution in [-0.4, -0.2) is 25.5 Å². The van der Waals surface area contributed by atoms with Crippen LogP contribution < -0.4 is 5.32 Å². The predicted molar refractivity (Wildman–Crippen MR) is 76.1 cm³/mol. The maximum absolute atomic E-state index is 11.3. The molecule has 1 saturated heterocycles. The van der Waals surface area contributed by atoms with Crippen LogP contribution in [0.2, 0.25) is 0 Å². The van der Waals surface area contributed by atoms with Crippen molar-refractivity contribution in [3.8, 4) is 0 Å². The summed E-state index contributed by atoms with van der Waals surface area (Å²) in [5.41, 5.74) is 0. The fourth-order valence-electron chi connectivity index (χ4n) is 2.29. The molecule has 1 unspecified atom stereocenters. The number of hydrogen-bond donors (Lipinski definition) is 1. The Kier molecular flexibility index (Phi) is 9.51. The second-order valence-electron chi connectivity index (χ2n) is 5.28. The zero-order valence-corrected chi connectivity index (χ0v) is 12.3. The monoisotopic (exact) mass is 271 g/mol. The lowest BCUT2D eigenvalue weighted by atomic mass is 10.1. The van der Waals surface area contributed by atoms with Crippen LogP contribution >= 0.6 is 0 Å². The van der Waals surface area contributed by atoms with E-state index in [4.69, 9.17) is 9.47 Å². The van der Waals surface area contributed by atoms with Crippen LogP contribution in [0.1, 0.15) is 71.1 Å². The van der Waals surface area contributed by atoms with Crippen LogP contribution in [0.15, 0.2) is 0 Å². The maximum atomic E-state index is 11.3. The number of nitrogens with one attached hydrogen (secondary N) is 1. The van der Waals surface area contributed by atoms with Gasteiger partial charge in [0.2, 0.25) is 0 Å². The van der Waals surface area contributed by atoms with Crippen LogP contribution in [0.3, 0.4) is 0 Å². The van der Waals surface area contributed by atoms with E-state index in [0.717, 1.165) is 32.2 Å². The predicted octanol–water partition coefficient (Wildman–Crippen LogP) is 3.99. The molecule has 0 spiro atoms. The minimum atomic E-state index is -0.526. The van der Waals surface area contributed by atoms with Gasteiger partial charge in [-0.25, -0.2) is 4.79 Å². The van der Waals surface area contributed by atoms with Gasteiger partial charge >= 0.3 is 6.16 Å². The van der Waals surface area contributed by atoms with E-state index >= 15 is 0 Å². The van der Waals surface area contributed by atoms with Gasteiger partial charge in [0.05, 0.1) is 6.61 Å². The summed E-state index contributed by atoms with van der Waals surface area (Å²) in [6.45, 7) is 3.65. The largest absolute Gasteiger partial charge is 0.509 e. The van der Waals surface area contributed by atoms with Gasteiger partial charge in [0.15, 0.2) is 6.23 Å². The summed E-state index contributed by atoms with van der Waals surface area (Å²) < 4.78 is 10.2. The number of ether oxygens (including phenoxy) is 2. The van der Waals surface area contributed by atoms with Gasteiger partial charge in [-0.05, 0) is 25.8 Å². The number of carbonyl (C=O) groups is 1. The summed E-state index contributed by atoms with van der Waals surface area (Å²) in [4.78, 5) is 11.3. The minimum Gasteiger partial charge on any atom is -0.434 e. The van der Waals surface area contributed by atoms with Gasteiger partial charge in [0.1, 0.15) is 0 Å². The molecule has 1 N–H and O–H groups in total. The molecule has 1 aliphatic rings. The zero-order valence-electron chi connectivity index (χ0n) is 12.3. The molecule has 1 fully saturated rings. The fourth-order valence-corrected chi connectivity index (χ4v) is 2.29. The van der Waals surface area contributed by atoms with Gasteiger partial charge in [-0.2, -0.15) is 0 Å². The molecule has 0 aromatic heterocycles. The Morgan fingerprint density at radius 1 is 1.11 bits per heavy atom. The highest BCUT2D eigenvalue weighted by Crippen LogP contribution is 2.09. The van der Waals surface area contributed by atoms with E-state index in [1.165, 1.54) is 38.5 Å². The molecule has 112 valence electrons. The SMILES string of the molecule is CCCCCCCCCCOC(=O)OC1CCCN1. The molecule has 1 heterocycles. The van der Waals surface area contributed by atoms with Gasteiger partial charge in [0.25, 0.3) is 0 Å². The number of rotatable bonds is 10. The molecular weight excluding hydrogens is 242 g/mol. The van der Waals surface area contributed by atoms with Crippen molar-refractivity contribution < 1.29 is 14.3 Å². The standard InChI is InChI=1S/C15H29NO3/c1-2-3-4-5-6-7-8-9-13-18-15(17)19-14-11-10-12-16-14/h14,16H,2-13H2,1H3. The lowest BCUT2D eigenvalue weighted by Gasteiger charge is -2.11. The quantitative estimate of drug-likeness (QED) is 0.482. The minimum absolute atomic E-state index is 0.133. The highest BCUT2D eigenvalue weighted by atomic mass is 16.7. The third-order valence-electron chi connectivity index (χ3n) is 3.47. The normalized spacial score (nSPS) is 18.5. The first-order valence-electron chi connectivity index (χ1n) is 7.89. The highest BCUT2D eigenvalue weighted by Gasteiger charge is 2.18. The number of unbranched alkanes of at least 4 members (excludes halogenated alkanes) is 7. The summed E-state index contributed by atoms with van der Waals surface area (Å²) in [7, 11) is 0. The molecule has 1 rings (SSSR count). The Balaban J connectivity index is 1.80. The number of hydrogen-bond acceptors (Lipinski definition) is 4. The van der Waals surface area contributed by atoms with Crippen molar-refractivity contribution in [3.05, 3.63) is 0 Å². The van der Waals surface area contributed by atoms with Gasteiger partial charge in [0, 0.05) is 0 Å². The topological polar surface area (TPSA) is 47.6 Å². The van der Waals surface area contributed by atoms with Crippen molar-refractivity contribution in [3.63, 3.8) is 0 Å². The fraction of sp³-hybridized carbons (Fsp3) is 0.933. The smallest absolute Gasteiger partial charge is 0.434 e. The van der Waals surface area contributed by atoms with E-state index in [-0.39, 0.29) is 6.23 Å². The molecule has 0 aliphatic carbocycles. The van der Waals surface area contributed by atoms with E-state index < -0.39 is 6.16 Å². The van der Waals surface area contributed by atoms with Crippen molar-refractivity contribution >= 4 is 6.16 Å². The van der Waals surface area contributed by atoms with Crippen LogP contribution in [0.5, 0.6) is 0 Å². The molecule has 1 aliphatic heterocycles. The van der Waals surface area contributed by atoms with Gasteiger partial charge in [-0.3, -0.25) is 5.32 Å². The molecule has 19 heavy (non-hydrogen) atoms. The van der Waals surface area contributed by atoms with Crippen LogP contribution in [0.4, 0.5) is 4.79 Å². The molecule has 0 bridgehead atoms. The van der Waals surface area contributed by atoms with E-state index in [1.54, 1.807) is 0 Å².